The lowest BCUT2D eigenvalue weighted by atomic mass is 9.94. The molecule has 1 rings (SSSR count). The fourth-order valence-corrected chi connectivity index (χ4v) is 1.69. The summed E-state index contributed by atoms with van der Waals surface area (Å²) in [6.45, 7) is 7.07. The van der Waals surface area contributed by atoms with E-state index in [9.17, 15) is 5.11 Å². The first-order valence-corrected chi connectivity index (χ1v) is 5.50. The van der Waals surface area contributed by atoms with Gasteiger partial charge in [-0.1, -0.05) is 6.92 Å². The number of hydrogen-bond donors (Lipinski definition) is 2. The zero-order chi connectivity index (χ0) is 11.5. The molecule has 0 aliphatic rings. The van der Waals surface area contributed by atoms with E-state index in [1.54, 1.807) is 0 Å². The molecule has 1 atom stereocenters. The Balaban J connectivity index is 2.87. The fourth-order valence-electron chi connectivity index (χ4n) is 1.69. The number of rotatable bonds is 5. The Bertz CT molecular complexity index is 316. The second-order valence-electron chi connectivity index (χ2n) is 4.05. The molecule has 1 aromatic heterocycles. The van der Waals surface area contributed by atoms with E-state index in [2.05, 4.69) is 5.10 Å². The molecule has 15 heavy (non-hydrogen) atoms. The Morgan fingerprint density at radius 2 is 2.20 bits per heavy atom. The average Bonchev–Trinajstić information content (AvgIpc) is 2.58. The van der Waals surface area contributed by atoms with Crippen LogP contribution >= 0.6 is 0 Å². The average molecular weight is 211 g/mol. The number of nitrogens with zero attached hydrogens (tertiary/aromatic N) is 2. The molecule has 0 amide bonds. The van der Waals surface area contributed by atoms with Gasteiger partial charge in [0.2, 0.25) is 0 Å². The molecular weight excluding hydrogens is 190 g/mol. The summed E-state index contributed by atoms with van der Waals surface area (Å²) in [6.07, 6.45) is 1.24. The topological polar surface area (TPSA) is 64.1 Å². The minimum atomic E-state index is -0.792. The Hall–Kier alpha value is -0.870. The van der Waals surface area contributed by atoms with Gasteiger partial charge in [0.15, 0.2) is 0 Å². The van der Waals surface area contributed by atoms with Crippen LogP contribution in [0.5, 0.6) is 0 Å². The van der Waals surface area contributed by atoms with Crippen molar-refractivity contribution in [1.82, 2.24) is 9.78 Å². The van der Waals surface area contributed by atoms with Crippen molar-refractivity contribution in [3.8, 4) is 0 Å². The summed E-state index contributed by atoms with van der Waals surface area (Å²) in [5.74, 6) is 0. The molecule has 1 unspecified atom stereocenters. The summed E-state index contributed by atoms with van der Waals surface area (Å²) >= 11 is 0. The first-order valence-electron chi connectivity index (χ1n) is 5.50. The van der Waals surface area contributed by atoms with E-state index < -0.39 is 5.60 Å². The molecule has 0 saturated heterocycles. The summed E-state index contributed by atoms with van der Waals surface area (Å²) in [4.78, 5) is 0. The Kier molecular flexibility index (Phi) is 3.88. The summed E-state index contributed by atoms with van der Waals surface area (Å²) < 4.78 is 1.92. The number of aliphatic hydroxyl groups is 1. The molecule has 86 valence electrons. The molecule has 0 aliphatic carbocycles. The maximum Gasteiger partial charge on any atom is 0.0821 e. The van der Waals surface area contributed by atoms with E-state index in [0.29, 0.717) is 12.8 Å². The molecule has 1 aromatic rings. The molecule has 0 radical (unpaired) electrons. The normalized spacial score (nSPS) is 15.3. The van der Waals surface area contributed by atoms with Gasteiger partial charge in [-0.2, -0.15) is 5.10 Å². The van der Waals surface area contributed by atoms with Crippen molar-refractivity contribution < 1.29 is 5.11 Å². The lowest BCUT2D eigenvalue weighted by Gasteiger charge is -2.24. The maximum absolute atomic E-state index is 10.1. The highest BCUT2D eigenvalue weighted by atomic mass is 16.3. The monoisotopic (exact) mass is 211 g/mol. The van der Waals surface area contributed by atoms with Gasteiger partial charge in [-0.15, -0.1) is 0 Å². The van der Waals surface area contributed by atoms with Gasteiger partial charge >= 0.3 is 0 Å². The van der Waals surface area contributed by atoms with Crippen molar-refractivity contribution in [1.29, 1.82) is 0 Å². The quantitative estimate of drug-likeness (QED) is 0.759. The number of aryl methyl sites for hydroxylation is 2. The molecule has 0 saturated carbocycles. The van der Waals surface area contributed by atoms with Crippen molar-refractivity contribution in [2.75, 3.05) is 6.54 Å². The SMILES string of the molecule is CCn1nc(C)cc1CC(O)(CC)CN. The molecular formula is C11H21N3O. The van der Waals surface area contributed by atoms with Gasteiger partial charge in [0.05, 0.1) is 11.3 Å². The molecule has 4 heteroatoms. The predicted octanol–water partition coefficient (Wildman–Crippen LogP) is 0.854. The van der Waals surface area contributed by atoms with Crippen molar-refractivity contribution in [2.45, 2.75) is 45.8 Å². The van der Waals surface area contributed by atoms with Gasteiger partial charge in [0, 0.05) is 25.2 Å². The Labute approximate surface area is 91.1 Å². The molecule has 4 nitrogen and oxygen atoms in total. The third-order valence-electron chi connectivity index (χ3n) is 2.83. The van der Waals surface area contributed by atoms with Crippen LogP contribution in [0.4, 0.5) is 0 Å². The van der Waals surface area contributed by atoms with Gasteiger partial charge < -0.3 is 10.8 Å². The molecule has 0 aliphatic heterocycles. The molecule has 0 spiro atoms. The van der Waals surface area contributed by atoms with Gasteiger partial charge in [0.1, 0.15) is 0 Å². The zero-order valence-corrected chi connectivity index (χ0v) is 9.82. The highest BCUT2D eigenvalue weighted by molar-refractivity contribution is 5.12. The summed E-state index contributed by atoms with van der Waals surface area (Å²) in [6, 6.07) is 2.01. The van der Waals surface area contributed by atoms with Crippen LogP contribution in [0.25, 0.3) is 0 Å². The number of hydrogen-bond acceptors (Lipinski definition) is 3. The van der Waals surface area contributed by atoms with Gasteiger partial charge in [-0.25, -0.2) is 0 Å². The van der Waals surface area contributed by atoms with Crippen LogP contribution in [0.15, 0.2) is 6.07 Å². The standard InChI is InChI=1S/C11H21N3O/c1-4-11(15,8-12)7-10-6-9(3)13-14(10)5-2/h6,15H,4-5,7-8,12H2,1-3H3. The highest BCUT2D eigenvalue weighted by Gasteiger charge is 2.24. The van der Waals surface area contributed by atoms with Crippen molar-refractivity contribution >= 4 is 0 Å². The highest BCUT2D eigenvalue weighted by Crippen LogP contribution is 2.17. The van der Waals surface area contributed by atoms with E-state index in [1.807, 2.05) is 31.5 Å². The van der Waals surface area contributed by atoms with E-state index in [4.69, 9.17) is 5.73 Å². The predicted molar refractivity (Wildman–Crippen MR) is 60.6 cm³/mol. The second kappa shape index (κ2) is 4.77. The Morgan fingerprint density at radius 3 is 2.67 bits per heavy atom. The van der Waals surface area contributed by atoms with Crippen LogP contribution in [0.3, 0.4) is 0 Å². The number of nitrogens with two attached hydrogens (primary N) is 1. The van der Waals surface area contributed by atoms with Crippen molar-refractivity contribution in [3.63, 3.8) is 0 Å². The van der Waals surface area contributed by atoms with Crippen LogP contribution in [-0.2, 0) is 13.0 Å². The van der Waals surface area contributed by atoms with Crippen molar-refractivity contribution in [3.05, 3.63) is 17.5 Å². The zero-order valence-electron chi connectivity index (χ0n) is 9.82. The summed E-state index contributed by atoms with van der Waals surface area (Å²) in [5.41, 5.74) is 6.84. The maximum atomic E-state index is 10.1. The van der Waals surface area contributed by atoms with Crippen LogP contribution in [-0.4, -0.2) is 27.0 Å². The van der Waals surface area contributed by atoms with E-state index in [1.165, 1.54) is 0 Å². The minimum Gasteiger partial charge on any atom is -0.388 e. The molecule has 1 heterocycles. The fraction of sp³-hybridized carbons (Fsp3) is 0.727. The summed E-state index contributed by atoms with van der Waals surface area (Å²) in [5, 5.41) is 14.5. The third-order valence-corrected chi connectivity index (χ3v) is 2.83. The first-order chi connectivity index (χ1) is 7.04. The Morgan fingerprint density at radius 1 is 1.53 bits per heavy atom. The second-order valence-corrected chi connectivity index (χ2v) is 4.05. The van der Waals surface area contributed by atoms with E-state index in [-0.39, 0.29) is 6.54 Å². The smallest absolute Gasteiger partial charge is 0.0821 e. The van der Waals surface area contributed by atoms with Crippen LogP contribution in [0, 0.1) is 6.92 Å². The van der Waals surface area contributed by atoms with E-state index in [0.717, 1.165) is 17.9 Å². The van der Waals surface area contributed by atoms with E-state index >= 15 is 0 Å². The van der Waals surface area contributed by atoms with Gasteiger partial charge in [-0.3, -0.25) is 4.68 Å². The first kappa shape index (κ1) is 12.2. The summed E-state index contributed by atoms with van der Waals surface area (Å²) in [7, 11) is 0. The van der Waals surface area contributed by atoms with Crippen molar-refractivity contribution in [2.24, 2.45) is 5.73 Å². The minimum absolute atomic E-state index is 0.289. The molecule has 3 N–H and O–H groups in total. The molecule has 0 fully saturated rings. The van der Waals surface area contributed by atoms with Crippen LogP contribution in [0.2, 0.25) is 0 Å². The van der Waals surface area contributed by atoms with Gasteiger partial charge in [0.25, 0.3) is 0 Å². The lowest BCUT2D eigenvalue weighted by molar-refractivity contribution is 0.0436. The van der Waals surface area contributed by atoms with Gasteiger partial charge in [-0.05, 0) is 26.3 Å². The molecule has 0 aromatic carbocycles. The third kappa shape index (κ3) is 2.79. The number of aromatic nitrogens is 2. The van der Waals surface area contributed by atoms with Crippen LogP contribution < -0.4 is 5.73 Å². The van der Waals surface area contributed by atoms with Crippen LogP contribution in [0.1, 0.15) is 31.7 Å². The molecule has 0 bridgehead atoms. The lowest BCUT2D eigenvalue weighted by Crippen LogP contribution is -2.39. The largest absolute Gasteiger partial charge is 0.388 e.